The fraction of sp³-hybridized carbons (Fsp3) is 0.250. The number of hydrogen-bond donors (Lipinski definition) is 2. The van der Waals surface area contributed by atoms with Crippen LogP contribution in [0, 0.1) is 5.82 Å². The van der Waals surface area contributed by atoms with Gasteiger partial charge in [0.2, 0.25) is 5.60 Å². The number of ketones is 1. The van der Waals surface area contributed by atoms with Gasteiger partial charge in [0, 0.05) is 24.4 Å². The minimum Gasteiger partial charge on any atom is -0.373 e. The summed E-state index contributed by atoms with van der Waals surface area (Å²) in [6.07, 6.45) is -0.140. The summed E-state index contributed by atoms with van der Waals surface area (Å²) in [5.41, 5.74) is 4.02. The quantitative estimate of drug-likeness (QED) is 0.721. The fourth-order valence-corrected chi connectivity index (χ4v) is 3.58. The van der Waals surface area contributed by atoms with E-state index >= 15 is 0 Å². The second-order valence-electron chi connectivity index (χ2n) is 6.65. The molecule has 2 aromatic rings. The van der Waals surface area contributed by atoms with Gasteiger partial charge < -0.3 is 15.7 Å². The Hall–Kier alpha value is -2.77. The van der Waals surface area contributed by atoms with Gasteiger partial charge in [-0.15, -0.1) is 0 Å². The summed E-state index contributed by atoms with van der Waals surface area (Å²) in [4.78, 5) is 38.2. The van der Waals surface area contributed by atoms with Crippen LogP contribution in [-0.4, -0.2) is 34.8 Å². The van der Waals surface area contributed by atoms with Crippen molar-refractivity contribution in [3.63, 3.8) is 0 Å². The zero-order valence-corrected chi connectivity index (χ0v) is 15.6. The van der Waals surface area contributed by atoms with Gasteiger partial charge in [-0.2, -0.15) is 0 Å². The number of para-hydroxylation sites is 1. The molecule has 0 aromatic heterocycles. The molecule has 2 amide bonds. The molecule has 1 saturated heterocycles. The average Bonchev–Trinajstić information content (AvgIpc) is 2.95. The number of aryl methyl sites for hydroxylation is 1. The molecule has 0 aliphatic carbocycles. The van der Waals surface area contributed by atoms with Crippen LogP contribution in [0.4, 0.5) is 10.1 Å². The summed E-state index contributed by atoms with van der Waals surface area (Å²) >= 11 is 5.80. The molecule has 1 unspecified atom stereocenters. The Bertz CT molecular complexity index is 945. The number of rotatable bonds is 6. The van der Waals surface area contributed by atoms with E-state index in [0.717, 1.165) is 6.07 Å². The predicted molar refractivity (Wildman–Crippen MR) is 102 cm³/mol. The summed E-state index contributed by atoms with van der Waals surface area (Å²) in [7, 11) is 0. The van der Waals surface area contributed by atoms with Gasteiger partial charge in [0.25, 0.3) is 11.8 Å². The molecule has 2 aromatic carbocycles. The number of benzene rings is 2. The Kier molecular flexibility index (Phi) is 5.49. The molecule has 1 aliphatic rings. The third kappa shape index (κ3) is 3.76. The first kappa shape index (κ1) is 20.0. The van der Waals surface area contributed by atoms with Crippen LogP contribution in [0.25, 0.3) is 0 Å². The SMILES string of the molecule is NC(=O)c1ccccc1N1CCC(O)(C(=O)CCc2cc(F)cc(Cl)c2)C1=O. The third-order valence-electron chi connectivity index (χ3n) is 4.78. The van der Waals surface area contributed by atoms with Crippen molar-refractivity contribution < 1.29 is 23.9 Å². The molecule has 6 nitrogen and oxygen atoms in total. The van der Waals surface area contributed by atoms with Crippen molar-refractivity contribution in [2.45, 2.75) is 24.9 Å². The fourth-order valence-electron chi connectivity index (χ4n) is 3.33. The van der Waals surface area contributed by atoms with Gasteiger partial charge in [-0.3, -0.25) is 14.4 Å². The third-order valence-corrected chi connectivity index (χ3v) is 5.00. The molecule has 0 bridgehead atoms. The Morgan fingerprint density at radius 3 is 2.64 bits per heavy atom. The van der Waals surface area contributed by atoms with Crippen molar-refractivity contribution in [1.82, 2.24) is 0 Å². The number of hydrogen-bond acceptors (Lipinski definition) is 4. The second-order valence-corrected chi connectivity index (χ2v) is 7.09. The number of primary amides is 1. The van der Waals surface area contributed by atoms with Crippen LogP contribution >= 0.6 is 11.6 Å². The average molecular weight is 405 g/mol. The zero-order valence-electron chi connectivity index (χ0n) is 14.8. The van der Waals surface area contributed by atoms with Crippen LogP contribution in [-0.2, 0) is 16.0 Å². The molecule has 0 spiro atoms. The summed E-state index contributed by atoms with van der Waals surface area (Å²) in [5, 5.41) is 10.9. The van der Waals surface area contributed by atoms with Gasteiger partial charge in [-0.05, 0) is 42.3 Å². The van der Waals surface area contributed by atoms with E-state index in [2.05, 4.69) is 0 Å². The number of aliphatic hydroxyl groups is 1. The molecular formula is C20H18ClFN2O4. The van der Waals surface area contributed by atoms with Gasteiger partial charge in [-0.25, -0.2) is 4.39 Å². The maximum Gasteiger partial charge on any atom is 0.266 e. The van der Waals surface area contributed by atoms with E-state index in [1.165, 1.54) is 29.2 Å². The van der Waals surface area contributed by atoms with Crippen molar-refractivity contribution >= 4 is 34.9 Å². The van der Waals surface area contributed by atoms with E-state index in [0.29, 0.717) is 5.56 Å². The van der Waals surface area contributed by atoms with Crippen molar-refractivity contribution in [1.29, 1.82) is 0 Å². The summed E-state index contributed by atoms with van der Waals surface area (Å²) in [6, 6.07) is 10.1. The number of halogens is 2. The number of nitrogens with two attached hydrogens (primary N) is 1. The Balaban J connectivity index is 1.77. The summed E-state index contributed by atoms with van der Waals surface area (Å²) in [6.45, 7) is 0.0666. The molecule has 1 aliphatic heterocycles. The van der Waals surface area contributed by atoms with Gasteiger partial charge >= 0.3 is 0 Å². The zero-order chi connectivity index (χ0) is 20.5. The maximum absolute atomic E-state index is 13.4. The molecule has 1 atom stereocenters. The van der Waals surface area contributed by atoms with Gasteiger partial charge in [0.05, 0.1) is 11.3 Å². The molecule has 1 heterocycles. The Morgan fingerprint density at radius 2 is 1.96 bits per heavy atom. The summed E-state index contributed by atoms with van der Waals surface area (Å²) < 4.78 is 13.4. The monoisotopic (exact) mass is 404 g/mol. The lowest BCUT2D eigenvalue weighted by atomic mass is 9.92. The molecule has 1 fully saturated rings. The standard InChI is InChI=1S/C20H18ClFN2O4/c21-13-9-12(10-14(22)11-13)5-6-17(25)20(28)7-8-24(19(20)27)16-4-2-1-3-15(16)18(23)26/h1-4,9-11,28H,5-8H2,(H2,23,26). The minimum atomic E-state index is -2.19. The number of amides is 2. The lowest BCUT2D eigenvalue weighted by Gasteiger charge is -2.22. The molecule has 8 heteroatoms. The largest absolute Gasteiger partial charge is 0.373 e. The van der Waals surface area contributed by atoms with Crippen LogP contribution in [0.5, 0.6) is 0 Å². The second kappa shape index (κ2) is 7.69. The van der Waals surface area contributed by atoms with E-state index in [4.69, 9.17) is 17.3 Å². The number of carbonyl (C=O) groups excluding carboxylic acids is 3. The van der Waals surface area contributed by atoms with E-state index in [-0.39, 0.29) is 42.1 Å². The number of carbonyl (C=O) groups is 3. The highest BCUT2D eigenvalue weighted by Gasteiger charge is 2.51. The van der Waals surface area contributed by atoms with Crippen molar-refractivity contribution in [2.75, 3.05) is 11.4 Å². The maximum atomic E-state index is 13.4. The van der Waals surface area contributed by atoms with Crippen molar-refractivity contribution in [3.05, 3.63) is 64.4 Å². The van der Waals surface area contributed by atoms with E-state index in [1.54, 1.807) is 12.1 Å². The number of anilines is 1. The van der Waals surface area contributed by atoms with E-state index in [1.807, 2.05) is 0 Å². The highest BCUT2D eigenvalue weighted by atomic mass is 35.5. The first-order valence-electron chi connectivity index (χ1n) is 8.64. The lowest BCUT2D eigenvalue weighted by molar-refractivity contribution is -0.147. The van der Waals surface area contributed by atoms with Crippen LogP contribution in [0.2, 0.25) is 5.02 Å². The number of nitrogens with zero attached hydrogens (tertiary/aromatic N) is 1. The summed E-state index contributed by atoms with van der Waals surface area (Å²) in [5.74, 6) is -2.71. The minimum absolute atomic E-state index is 0.0666. The van der Waals surface area contributed by atoms with Crippen LogP contribution in [0.3, 0.4) is 0 Å². The lowest BCUT2D eigenvalue weighted by Crippen LogP contribution is -2.47. The van der Waals surface area contributed by atoms with Gasteiger partial charge in [0.15, 0.2) is 5.78 Å². The van der Waals surface area contributed by atoms with E-state index in [9.17, 15) is 23.9 Å². The smallest absolute Gasteiger partial charge is 0.266 e. The highest BCUT2D eigenvalue weighted by molar-refractivity contribution is 6.30. The van der Waals surface area contributed by atoms with Gasteiger partial charge in [0.1, 0.15) is 5.82 Å². The van der Waals surface area contributed by atoms with Crippen LogP contribution in [0.15, 0.2) is 42.5 Å². The molecule has 0 radical (unpaired) electrons. The van der Waals surface area contributed by atoms with Crippen LogP contribution in [0.1, 0.15) is 28.8 Å². The Morgan fingerprint density at radius 1 is 1.25 bits per heavy atom. The molecule has 146 valence electrons. The first-order chi connectivity index (χ1) is 13.2. The molecule has 3 N–H and O–H groups in total. The van der Waals surface area contributed by atoms with Crippen molar-refractivity contribution in [2.24, 2.45) is 5.73 Å². The Labute approximate surface area is 165 Å². The number of Topliss-reactive ketones (excluding diaryl/α,β-unsaturated/α-hetero) is 1. The predicted octanol–water partition coefficient (Wildman–Crippen LogP) is 2.25. The highest BCUT2D eigenvalue weighted by Crippen LogP contribution is 2.32. The molecule has 0 saturated carbocycles. The van der Waals surface area contributed by atoms with Gasteiger partial charge in [-0.1, -0.05) is 23.7 Å². The van der Waals surface area contributed by atoms with Crippen molar-refractivity contribution in [3.8, 4) is 0 Å². The molecular weight excluding hydrogens is 387 g/mol. The first-order valence-corrected chi connectivity index (χ1v) is 9.01. The normalized spacial score (nSPS) is 19.1. The van der Waals surface area contributed by atoms with Crippen LogP contribution < -0.4 is 10.6 Å². The van der Waals surface area contributed by atoms with E-state index < -0.39 is 29.0 Å². The topological polar surface area (TPSA) is 101 Å². The molecule has 28 heavy (non-hydrogen) atoms. The molecule has 3 rings (SSSR count).